The van der Waals surface area contributed by atoms with Crippen molar-refractivity contribution >= 4 is 17.4 Å². The summed E-state index contributed by atoms with van der Waals surface area (Å²) in [6.07, 6.45) is 7.59. The van der Waals surface area contributed by atoms with E-state index in [1.165, 1.54) is 43.6 Å². The van der Waals surface area contributed by atoms with E-state index in [0.29, 0.717) is 0 Å². The highest BCUT2D eigenvalue weighted by Crippen LogP contribution is 2.25. The van der Waals surface area contributed by atoms with Crippen LogP contribution in [0.5, 0.6) is 0 Å². The highest BCUT2D eigenvalue weighted by molar-refractivity contribution is 7.98. The Labute approximate surface area is 158 Å². The van der Waals surface area contributed by atoms with Crippen LogP contribution in [0.1, 0.15) is 24.8 Å². The van der Waals surface area contributed by atoms with E-state index in [-0.39, 0.29) is 0 Å². The molecule has 3 aromatic rings. The minimum absolute atomic E-state index is 0.876. The summed E-state index contributed by atoms with van der Waals surface area (Å²) in [5.74, 6) is 0.876. The molecule has 1 saturated heterocycles. The van der Waals surface area contributed by atoms with Gasteiger partial charge in [0.1, 0.15) is 5.03 Å². The van der Waals surface area contributed by atoms with E-state index in [4.69, 9.17) is 0 Å². The van der Waals surface area contributed by atoms with E-state index < -0.39 is 0 Å². The van der Waals surface area contributed by atoms with E-state index in [9.17, 15) is 0 Å². The van der Waals surface area contributed by atoms with Gasteiger partial charge in [0.05, 0.1) is 5.69 Å². The van der Waals surface area contributed by atoms with Gasteiger partial charge in [-0.3, -0.25) is 4.98 Å². The van der Waals surface area contributed by atoms with Crippen molar-refractivity contribution in [3.8, 4) is 11.3 Å². The molecular weight excluding hydrogens is 340 g/mol. The van der Waals surface area contributed by atoms with Crippen molar-refractivity contribution in [2.45, 2.75) is 30.0 Å². The average molecular weight is 363 g/mol. The van der Waals surface area contributed by atoms with Crippen molar-refractivity contribution in [1.29, 1.82) is 0 Å². The van der Waals surface area contributed by atoms with E-state index in [2.05, 4.69) is 50.4 Å². The van der Waals surface area contributed by atoms with Crippen LogP contribution in [-0.2, 0) is 5.75 Å². The summed E-state index contributed by atoms with van der Waals surface area (Å²) in [4.78, 5) is 6.51. The van der Waals surface area contributed by atoms with Crippen molar-refractivity contribution in [1.82, 2.24) is 15.2 Å². The molecule has 3 heterocycles. The first-order chi connectivity index (χ1) is 12.9. The lowest BCUT2D eigenvalue weighted by Crippen LogP contribution is -2.29. The number of hydrogen-bond acceptors (Lipinski definition) is 5. The second-order valence-corrected chi connectivity index (χ2v) is 7.49. The predicted molar refractivity (Wildman–Crippen MR) is 107 cm³/mol. The third-order valence-corrected chi connectivity index (χ3v) is 5.65. The Morgan fingerprint density at radius 2 is 1.58 bits per heavy atom. The third kappa shape index (κ3) is 4.22. The van der Waals surface area contributed by atoms with E-state index >= 15 is 0 Å². The number of anilines is 1. The highest BCUT2D eigenvalue weighted by atomic mass is 32.2. The summed E-state index contributed by atoms with van der Waals surface area (Å²) >= 11 is 1.69. The maximum atomic E-state index is 4.41. The monoisotopic (exact) mass is 362 g/mol. The van der Waals surface area contributed by atoms with Crippen LogP contribution in [0, 0.1) is 0 Å². The second kappa shape index (κ2) is 8.32. The van der Waals surface area contributed by atoms with Crippen molar-refractivity contribution < 1.29 is 0 Å². The van der Waals surface area contributed by atoms with Crippen LogP contribution in [-0.4, -0.2) is 28.3 Å². The number of piperidine rings is 1. The molecule has 0 atom stereocenters. The number of rotatable bonds is 5. The number of aromatic nitrogens is 3. The van der Waals surface area contributed by atoms with Gasteiger partial charge in [0, 0.05) is 42.5 Å². The molecule has 0 radical (unpaired) electrons. The van der Waals surface area contributed by atoms with Crippen LogP contribution in [0.2, 0.25) is 0 Å². The summed E-state index contributed by atoms with van der Waals surface area (Å²) in [5.41, 5.74) is 4.59. The zero-order valence-corrected chi connectivity index (χ0v) is 15.5. The van der Waals surface area contributed by atoms with Gasteiger partial charge in [-0.15, -0.1) is 10.2 Å². The smallest absolute Gasteiger partial charge is 0.119 e. The van der Waals surface area contributed by atoms with Crippen LogP contribution in [0.15, 0.2) is 66.0 Å². The molecule has 0 bridgehead atoms. The fourth-order valence-corrected chi connectivity index (χ4v) is 3.95. The highest BCUT2D eigenvalue weighted by Gasteiger charge is 2.11. The van der Waals surface area contributed by atoms with Gasteiger partial charge in [-0.1, -0.05) is 23.9 Å². The zero-order chi connectivity index (χ0) is 17.6. The van der Waals surface area contributed by atoms with Gasteiger partial charge in [-0.05, 0) is 61.2 Å². The summed E-state index contributed by atoms with van der Waals surface area (Å²) in [6.45, 7) is 2.34. The molecule has 0 amide bonds. The van der Waals surface area contributed by atoms with Crippen LogP contribution >= 0.6 is 11.8 Å². The molecule has 1 aliphatic rings. The Kier molecular flexibility index (Phi) is 5.45. The first-order valence-electron chi connectivity index (χ1n) is 9.09. The van der Waals surface area contributed by atoms with E-state index in [1.807, 2.05) is 30.6 Å². The molecule has 1 aromatic carbocycles. The number of benzene rings is 1. The summed E-state index contributed by atoms with van der Waals surface area (Å²) < 4.78 is 0. The standard InChI is InChI=1S/C21H22N4S/c1-2-14-25(15-3-1)19-6-4-18(5-7-19)20-8-9-21(24-23-20)26-16-17-10-12-22-13-11-17/h4-13H,1-3,14-16H2. The van der Waals surface area contributed by atoms with Crippen LogP contribution < -0.4 is 4.90 Å². The minimum Gasteiger partial charge on any atom is -0.372 e. The van der Waals surface area contributed by atoms with Crippen LogP contribution in [0.3, 0.4) is 0 Å². The van der Waals surface area contributed by atoms with Gasteiger partial charge in [0.15, 0.2) is 0 Å². The first-order valence-corrected chi connectivity index (χ1v) is 10.1. The lowest BCUT2D eigenvalue weighted by molar-refractivity contribution is 0.578. The Bertz CT molecular complexity index is 813. The average Bonchev–Trinajstić information content (AvgIpc) is 2.74. The molecule has 0 unspecified atom stereocenters. The number of thioether (sulfide) groups is 1. The first kappa shape index (κ1) is 17.0. The van der Waals surface area contributed by atoms with Gasteiger partial charge in [0.2, 0.25) is 0 Å². The van der Waals surface area contributed by atoms with Crippen LogP contribution in [0.4, 0.5) is 5.69 Å². The molecule has 26 heavy (non-hydrogen) atoms. The van der Waals surface area contributed by atoms with Crippen molar-refractivity contribution in [3.63, 3.8) is 0 Å². The fraction of sp³-hybridized carbons (Fsp3) is 0.286. The molecule has 5 heteroatoms. The van der Waals surface area contributed by atoms with Crippen molar-refractivity contribution in [2.75, 3.05) is 18.0 Å². The maximum absolute atomic E-state index is 4.41. The molecule has 2 aromatic heterocycles. The lowest BCUT2D eigenvalue weighted by Gasteiger charge is -2.28. The summed E-state index contributed by atoms with van der Waals surface area (Å²) in [6, 6.07) is 16.9. The minimum atomic E-state index is 0.876. The Balaban J connectivity index is 1.40. The number of pyridine rings is 1. The molecule has 0 spiro atoms. The number of nitrogens with zero attached hydrogens (tertiary/aromatic N) is 4. The topological polar surface area (TPSA) is 41.9 Å². The Hall–Kier alpha value is -2.40. The molecule has 132 valence electrons. The van der Waals surface area contributed by atoms with Crippen molar-refractivity contribution in [2.24, 2.45) is 0 Å². The van der Waals surface area contributed by atoms with E-state index in [1.54, 1.807) is 11.8 Å². The number of hydrogen-bond donors (Lipinski definition) is 0. The van der Waals surface area contributed by atoms with Gasteiger partial charge in [-0.2, -0.15) is 0 Å². The Morgan fingerprint density at radius 3 is 2.27 bits per heavy atom. The normalized spacial score (nSPS) is 14.4. The molecule has 4 rings (SSSR count). The summed E-state index contributed by atoms with van der Waals surface area (Å²) in [5, 5.41) is 9.72. The van der Waals surface area contributed by atoms with Gasteiger partial charge in [0.25, 0.3) is 0 Å². The van der Waals surface area contributed by atoms with E-state index in [0.717, 1.165) is 22.0 Å². The largest absolute Gasteiger partial charge is 0.372 e. The van der Waals surface area contributed by atoms with Crippen molar-refractivity contribution in [3.05, 3.63) is 66.5 Å². The quantitative estimate of drug-likeness (QED) is 0.609. The molecular formula is C21H22N4S. The predicted octanol–water partition coefficient (Wildman–Crippen LogP) is 4.82. The molecule has 4 nitrogen and oxygen atoms in total. The third-order valence-electron chi connectivity index (χ3n) is 4.66. The molecule has 0 aliphatic carbocycles. The molecule has 0 N–H and O–H groups in total. The van der Waals surface area contributed by atoms with Crippen LogP contribution in [0.25, 0.3) is 11.3 Å². The maximum Gasteiger partial charge on any atom is 0.119 e. The molecule has 1 fully saturated rings. The molecule has 0 saturated carbocycles. The van der Waals surface area contributed by atoms with Gasteiger partial charge in [-0.25, -0.2) is 0 Å². The van der Waals surface area contributed by atoms with Gasteiger partial charge >= 0.3 is 0 Å². The zero-order valence-electron chi connectivity index (χ0n) is 14.7. The summed E-state index contributed by atoms with van der Waals surface area (Å²) in [7, 11) is 0. The Morgan fingerprint density at radius 1 is 0.808 bits per heavy atom. The molecule has 1 aliphatic heterocycles. The second-order valence-electron chi connectivity index (χ2n) is 6.50. The SMILES string of the molecule is c1cc(CSc2ccc(-c3ccc(N4CCCCC4)cc3)nn2)ccn1. The fourth-order valence-electron chi connectivity index (χ4n) is 3.18. The van der Waals surface area contributed by atoms with Gasteiger partial charge < -0.3 is 4.90 Å². The lowest BCUT2D eigenvalue weighted by atomic mass is 10.1.